The summed E-state index contributed by atoms with van der Waals surface area (Å²) >= 11 is 0. The number of ether oxygens (including phenoxy) is 1. The second-order valence-electron chi connectivity index (χ2n) is 3.18. The van der Waals surface area contributed by atoms with Crippen LogP contribution in [0.4, 0.5) is 0 Å². The maximum atomic E-state index is 8.56. The Morgan fingerprint density at radius 1 is 1.60 bits per heavy atom. The lowest BCUT2D eigenvalue weighted by atomic mass is 10.4. The first kappa shape index (κ1) is 11.6. The van der Waals surface area contributed by atoms with Crippen molar-refractivity contribution in [2.45, 2.75) is 19.9 Å². The molecular weight excluding hydrogens is 194 g/mol. The highest BCUT2D eigenvalue weighted by atomic mass is 16.5. The van der Waals surface area contributed by atoms with Crippen molar-refractivity contribution in [1.82, 2.24) is 4.57 Å². The zero-order chi connectivity index (χ0) is 11.1. The van der Waals surface area contributed by atoms with Crippen LogP contribution < -0.4 is 5.73 Å². The summed E-state index contributed by atoms with van der Waals surface area (Å²) in [6.45, 7) is 4.17. The van der Waals surface area contributed by atoms with Crippen molar-refractivity contribution in [2.75, 3.05) is 13.2 Å². The molecule has 0 fully saturated rings. The van der Waals surface area contributed by atoms with Crippen LogP contribution in [-0.2, 0) is 11.3 Å². The van der Waals surface area contributed by atoms with Gasteiger partial charge in [0.05, 0.1) is 12.3 Å². The Balaban J connectivity index is 2.50. The molecule has 15 heavy (non-hydrogen) atoms. The highest BCUT2D eigenvalue weighted by Gasteiger charge is 2.04. The van der Waals surface area contributed by atoms with Crippen molar-refractivity contribution in [2.24, 2.45) is 10.9 Å². The van der Waals surface area contributed by atoms with Crippen LogP contribution in [0.1, 0.15) is 19.0 Å². The molecule has 0 radical (unpaired) electrons. The summed E-state index contributed by atoms with van der Waals surface area (Å²) in [5.41, 5.74) is 6.21. The Morgan fingerprint density at radius 3 is 3.07 bits per heavy atom. The van der Waals surface area contributed by atoms with E-state index in [1.54, 1.807) is 6.07 Å². The van der Waals surface area contributed by atoms with Gasteiger partial charge in [0.1, 0.15) is 0 Å². The summed E-state index contributed by atoms with van der Waals surface area (Å²) in [6, 6.07) is 3.65. The molecule has 3 N–H and O–H groups in total. The first-order valence-electron chi connectivity index (χ1n) is 5.00. The first-order valence-corrected chi connectivity index (χ1v) is 5.00. The fraction of sp³-hybridized carbons (Fsp3) is 0.500. The number of aromatic nitrogens is 1. The van der Waals surface area contributed by atoms with Crippen LogP contribution in [0.25, 0.3) is 0 Å². The Hall–Kier alpha value is -1.49. The van der Waals surface area contributed by atoms with Gasteiger partial charge in [0, 0.05) is 19.3 Å². The van der Waals surface area contributed by atoms with Gasteiger partial charge in [0.2, 0.25) is 0 Å². The third kappa shape index (κ3) is 3.28. The molecule has 0 unspecified atom stereocenters. The predicted molar refractivity (Wildman–Crippen MR) is 58.1 cm³/mol. The van der Waals surface area contributed by atoms with E-state index >= 15 is 0 Å². The molecule has 0 bridgehead atoms. The van der Waals surface area contributed by atoms with Gasteiger partial charge in [-0.2, -0.15) is 0 Å². The third-order valence-corrected chi connectivity index (χ3v) is 2.02. The van der Waals surface area contributed by atoms with Crippen molar-refractivity contribution >= 4 is 5.84 Å². The van der Waals surface area contributed by atoms with Gasteiger partial charge < -0.3 is 20.2 Å². The monoisotopic (exact) mass is 211 g/mol. The SMILES string of the molecule is CCCOCCn1cccc1/C(N)=N/O. The van der Waals surface area contributed by atoms with E-state index in [4.69, 9.17) is 15.7 Å². The Labute approximate surface area is 89.1 Å². The number of rotatable bonds is 6. The Bertz CT molecular complexity index is 320. The van der Waals surface area contributed by atoms with Gasteiger partial charge in [0.15, 0.2) is 5.84 Å². The van der Waals surface area contributed by atoms with Crippen LogP contribution >= 0.6 is 0 Å². The topological polar surface area (TPSA) is 72.8 Å². The van der Waals surface area contributed by atoms with Crippen LogP contribution in [-0.4, -0.2) is 28.8 Å². The predicted octanol–water partition coefficient (Wildman–Crippen LogP) is 1.01. The summed E-state index contributed by atoms with van der Waals surface area (Å²) in [6.07, 6.45) is 2.89. The quantitative estimate of drug-likeness (QED) is 0.242. The Morgan fingerprint density at radius 2 is 2.40 bits per heavy atom. The summed E-state index contributed by atoms with van der Waals surface area (Å²) in [7, 11) is 0. The van der Waals surface area contributed by atoms with E-state index in [0.29, 0.717) is 18.8 Å². The number of oxime groups is 1. The molecule has 1 heterocycles. The molecule has 0 saturated carbocycles. The van der Waals surface area contributed by atoms with Gasteiger partial charge in [-0.3, -0.25) is 0 Å². The minimum atomic E-state index is 0.121. The van der Waals surface area contributed by atoms with E-state index in [2.05, 4.69) is 12.1 Å². The number of hydrogen-bond donors (Lipinski definition) is 2. The van der Waals surface area contributed by atoms with Crippen LogP contribution in [0.3, 0.4) is 0 Å². The molecule has 1 rings (SSSR count). The van der Waals surface area contributed by atoms with E-state index in [0.717, 1.165) is 13.0 Å². The molecule has 1 aromatic rings. The molecular formula is C10H17N3O2. The molecule has 0 aliphatic carbocycles. The van der Waals surface area contributed by atoms with Gasteiger partial charge >= 0.3 is 0 Å². The molecule has 0 aliphatic rings. The molecule has 84 valence electrons. The summed E-state index contributed by atoms with van der Waals surface area (Å²) in [4.78, 5) is 0. The van der Waals surface area contributed by atoms with Gasteiger partial charge in [0.25, 0.3) is 0 Å². The third-order valence-electron chi connectivity index (χ3n) is 2.02. The summed E-state index contributed by atoms with van der Waals surface area (Å²) < 4.78 is 7.25. The second kappa shape index (κ2) is 6.08. The van der Waals surface area contributed by atoms with Crippen molar-refractivity contribution < 1.29 is 9.94 Å². The molecule has 0 atom stereocenters. The zero-order valence-electron chi connectivity index (χ0n) is 8.89. The lowest BCUT2D eigenvalue weighted by Crippen LogP contribution is -2.19. The standard InChI is InChI=1S/C10H17N3O2/c1-2-7-15-8-6-13-5-3-4-9(13)10(11)12-14/h3-5,14H,2,6-8H2,1H3,(H2,11,12). The minimum Gasteiger partial charge on any atom is -0.409 e. The average molecular weight is 211 g/mol. The van der Waals surface area contributed by atoms with Gasteiger partial charge in [-0.1, -0.05) is 12.1 Å². The van der Waals surface area contributed by atoms with Gasteiger partial charge in [-0.15, -0.1) is 0 Å². The van der Waals surface area contributed by atoms with E-state index in [1.165, 1.54) is 0 Å². The largest absolute Gasteiger partial charge is 0.409 e. The number of hydrogen-bond acceptors (Lipinski definition) is 3. The molecule has 1 aromatic heterocycles. The highest BCUT2D eigenvalue weighted by molar-refractivity contribution is 5.95. The van der Waals surface area contributed by atoms with Crippen molar-refractivity contribution in [3.8, 4) is 0 Å². The number of amidine groups is 1. The fourth-order valence-corrected chi connectivity index (χ4v) is 1.30. The lowest BCUT2D eigenvalue weighted by molar-refractivity contribution is 0.127. The second-order valence-corrected chi connectivity index (χ2v) is 3.18. The highest BCUT2D eigenvalue weighted by Crippen LogP contribution is 2.01. The number of nitrogens with two attached hydrogens (primary N) is 1. The Kier molecular flexibility index (Phi) is 4.70. The normalized spacial score (nSPS) is 11.9. The maximum Gasteiger partial charge on any atom is 0.186 e. The van der Waals surface area contributed by atoms with E-state index < -0.39 is 0 Å². The van der Waals surface area contributed by atoms with Gasteiger partial charge in [-0.25, -0.2) is 0 Å². The van der Waals surface area contributed by atoms with Crippen LogP contribution in [0.5, 0.6) is 0 Å². The van der Waals surface area contributed by atoms with Crippen LogP contribution in [0.2, 0.25) is 0 Å². The van der Waals surface area contributed by atoms with Crippen molar-refractivity contribution in [1.29, 1.82) is 0 Å². The summed E-state index contributed by atoms with van der Waals surface area (Å²) in [5, 5.41) is 11.5. The van der Waals surface area contributed by atoms with Crippen LogP contribution in [0.15, 0.2) is 23.5 Å². The van der Waals surface area contributed by atoms with Crippen molar-refractivity contribution in [3.05, 3.63) is 24.0 Å². The first-order chi connectivity index (χ1) is 7.29. The van der Waals surface area contributed by atoms with Gasteiger partial charge in [-0.05, 0) is 18.6 Å². The van der Waals surface area contributed by atoms with Crippen molar-refractivity contribution in [3.63, 3.8) is 0 Å². The molecule has 0 aliphatic heterocycles. The van der Waals surface area contributed by atoms with E-state index in [1.807, 2.05) is 16.8 Å². The lowest BCUT2D eigenvalue weighted by Gasteiger charge is -2.08. The summed E-state index contributed by atoms with van der Waals surface area (Å²) in [5.74, 6) is 0.121. The average Bonchev–Trinajstić information content (AvgIpc) is 2.71. The molecule has 0 amide bonds. The van der Waals surface area contributed by atoms with E-state index in [9.17, 15) is 0 Å². The number of nitrogens with zero attached hydrogens (tertiary/aromatic N) is 2. The maximum absolute atomic E-state index is 8.56. The molecule has 5 nitrogen and oxygen atoms in total. The molecule has 0 spiro atoms. The fourth-order valence-electron chi connectivity index (χ4n) is 1.30. The minimum absolute atomic E-state index is 0.121. The molecule has 0 saturated heterocycles. The molecule has 5 heteroatoms. The molecule has 0 aromatic carbocycles. The van der Waals surface area contributed by atoms with E-state index in [-0.39, 0.29) is 5.84 Å². The zero-order valence-corrected chi connectivity index (χ0v) is 8.89. The van der Waals surface area contributed by atoms with Crippen LogP contribution in [0, 0.1) is 0 Å². The smallest absolute Gasteiger partial charge is 0.186 e.